The van der Waals surface area contributed by atoms with Gasteiger partial charge in [0, 0.05) is 38.7 Å². The second-order valence-electron chi connectivity index (χ2n) is 7.32. The van der Waals surface area contributed by atoms with Gasteiger partial charge in [0.15, 0.2) is 11.2 Å². The van der Waals surface area contributed by atoms with Gasteiger partial charge in [0.1, 0.15) is 5.58 Å². The molecular weight excluding hydrogens is 368 g/mol. The van der Waals surface area contributed by atoms with Gasteiger partial charge in [-0.25, -0.2) is 0 Å². The lowest BCUT2D eigenvalue weighted by Gasteiger charge is -2.22. The number of fused-ring (bicyclic) bond motifs is 1. The zero-order valence-electron chi connectivity index (χ0n) is 16.3. The molecule has 1 fully saturated rings. The lowest BCUT2D eigenvalue weighted by atomic mass is 10.1. The van der Waals surface area contributed by atoms with Gasteiger partial charge in [-0.15, -0.1) is 0 Å². The number of rotatable bonds is 3. The molecular formula is C23H22N2O4. The number of nitrogens with zero attached hydrogens (tertiary/aromatic N) is 2. The lowest BCUT2D eigenvalue weighted by Crippen LogP contribution is -2.36. The minimum atomic E-state index is -0.363. The highest BCUT2D eigenvalue weighted by molar-refractivity contribution is 5.93. The van der Waals surface area contributed by atoms with Crippen LogP contribution in [0.4, 0.5) is 0 Å². The Labute approximate surface area is 168 Å². The summed E-state index contributed by atoms with van der Waals surface area (Å²) in [5.41, 5.74) is 2.35. The van der Waals surface area contributed by atoms with Crippen LogP contribution in [0.1, 0.15) is 28.1 Å². The molecule has 0 bridgehead atoms. The van der Waals surface area contributed by atoms with Gasteiger partial charge in [-0.1, -0.05) is 42.0 Å². The van der Waals surface area contributed by atoms with E-state index in [9.17, 15) is 14.4 Å². The SMILES string of the molecule is Cc1cccc(CN2CCN(C(=O)c3cc(=O)c4ccccc4o3)CCC2=O)c1. The van der Waals surface area contributed by atoms with Crippen molar-refractivity contribution in [2.45, 2.75) is 19.9 Å². The predicted octanol–water partition coefficient (Wildman–Crippen LogP) is 2.98. The Morgan fingerprint density at radius 1 is 1.00 bits per heavy atom. The number of carbonyl (C=O) groups is 2. The molecule has 1 saturated heterocycles. The van der Waals surface area contributed by atoms with Crippen molar-refractivity contribution >= 4 is 22.8 Å². The Morgan fingerprint density at radius 2 is 1.83 bits per heavy atom. The fourth-order valence-electron chi connectivity index (χ4n) is 3.63. The van der Waals surface area contributed by atoms with Crippen molar-refractivity contribution in [3.8, 4) is 0 Å². The average molecular weight is 390 g/mol. The summed E-state index contributed by atoms with van der Waals surface area (Å²) < 4.78 is 5.67. The first kappa shape index (κ1) is 18.9. The molecule has 6 nitrogen and oxygen atoms in total. The van der Waals surface area contributed by atoms with Gasteiger partial charge in [-0.2, -0.15) is 0 Å². The van der Waals surface area contributed by atoms with Crippen LogP contribution in [-0.2, 0) is 11.3 Å². The highest BCUT2D eigenvalue weighted by Gasteiger charge is 2.26. The van der Waals surface area contributed by atoms with Crippen molar-refractivity contribution in [3.05, 3.63) is 81.7 Å². The number of carbonyl (C=O) groups excluding carboxylic acids is 2. The van der Waals surface area contributed by atoms with Crippen LogP contribution in [0.15, 0.2) is 63.8 Å². The molecule has 3 aromatic rings. The van der Waals surface area contributed by atoms with E-state index in [0.717, 1.165) is 11.1 Å². The third-order valence-corrected chi connectivity index (χ3v) is 5.18. The molecule has 0 saturated carbocycles. The van der Waals surface area contributed by atoms with Crippen LogP contribution >= 0.6 is 0 Å². The maximum atomic E-state index is 12.9. The Bertz CT molecular complexity index is 1130. The molecule has 6 heteroatoms. The molecule has 2 aromatic carbocycles. The minimum Gasteiger partial charge on any atom is -0.451 e. The molecule has 148 valence electrons. The van der Waals surface area contributed by atoms with E-state index in [4.69, 9.17) is 4.42 Å². The van der Waals surface area contributed by atoms with Crippen molar-refractivity contribution in [1.82, 2.24) is 9.80 Å². The standard InChI is InChI=1S/C23H22N2O4/c1-16-5-4-6-17(13-16)15-25-12-11-24(10-9-22(25)27)23(28)21-14-19(26)18-7-2-3-8-20(18)29-21/h2-8,13-14H,9-12,15H2,1H3. The Balaban J connectivity index is 1.51. The fourth-order valence-corrected chi connectivity index (χ4v) is 3.63. The molecule has 2 amide bonds. The molecule has 1 aliphatic rings. The summed E-state index contributed by atoms with van der Waals surface area (Å²) in [6.07, 6.45) is 0.245. The highest BCUT2D eigenvalue weighted by atomic mass is 16.3. The van der Waals surface area contributed by atoms with Crippen molar-refractivity contribution in [3.63, 3.8) is 0 Å². The van der Waals surface area contributed by atoms with Crippen LogP contribution in [0, 0.1) is 6.92 Å². The van der Waals surface area contributed by atoms with Gasteiger partial charge in [0.2, 0.25) is 5.91 Å². The molecule has 0 radical (unpaired) electrons. The number of amides is 2. The average Bonchev–Trinajstić information content (AvgIpc) is 2.89. The Morgan fingerprint density at radius 3 is 2.66 bits per heavy atom. The van der Waals surface area contributed by atoms with E-state index in [-0.39, 0.29) is 29.4 Å². The smallest absolute Gasteiger partial charge is 0.289 e. The minimum absolute atomic E-state index is 0.00767. The maximum Gasteiger partial charge on any atom is 0.289 e. The first-order valence-electron chi connectivity index (χ1n) is 9.67. The van der Waals surface area contributed by atoms with E-state index in [1.54, 1.807) is 34.1 Å². The molecule has 2 heterocycles. The number of para-hydroxylation sites is 1. The summed E-state index contributed by atoms with van der Waals surface area (Å²) in [7, 11) is 0. The van der Waals surface area contributed by atoms with E-state index in [0.29, 0.717) is 37.1 Å². The van der Waals surface area contributed by atoms with E-state index >= 15 is 0 Å². The number of benzene rings is 2. The van der Waals surface area contributed by atoms with Gasteiger partial charge >= 0.3 is 0 Å². The van der Waals surface area contributed by atoms with Crippen molar-refractivity contribution in [2.75, 3.05) is 19.6 Å². The third-order valence-electron chi connectivity index (χ3n) is 5.18. The van der Waals surface area contributed by atoms with Crippen molar-refractivity contribution in [1.29, 1.82) is 0 Å². The number of hydrogen-bond donors (Lipinski definition) is 0. The lowest BCUT2D eigenvalue weighted by molar-refractivity contribution is -0.130. The van der Waals surface area contributed by atoms with Gasteiger partial charge < -0.3 is 14.2 Å². The summed E-state index contributed by atoms with van der Waals surface area (Å²) in [6.45, 7) is 3.68. The van der Waals surface area contributed by atoms with E-state index < -0.39 is 0 Å². The van der Waals surface area contributed by atoms with Crippen LogP contribution in [0.25, 0.3) is 11.0 Å². The van der Waals surface area contributed by atoms with Crippen LogP contribution in [0.3, 0.4) is 0 Å². The monoisotopic (exact) mass is 390 g/mol. The van der Waals surface area contributed by atoms with Crippen LogP contribution in [0.2, 0.25) is 0 Å². The number of hydrogen-bond acceptors (Lipinski definition) is 4. The maximum absolute atomic E-state index is 12.9. The second-order valence-corrected chi connectivity index (χ2v) is 7.32. The van der Waals surface area contributed by atoms with Gasteiger partial charge in [-0.3, -0.25) is 14.4 Å². The van der Waals surface area contributed by atoms with E-state index in [1.807, 2.05) is 25.1 Å². The molecule has 1 aromatic heterocycles. The first-order chi connectivity index (χ1) is 14.0. The van der Waals surface area contributed by atoms with E-state index in [1.165, 1.54) is 6.07 Å². The zero-order valence-corrected chi connectivity index (χ0v) is 16.3. The highest BCUT2D eigenvalue weighted by Crippen LogP contribution is 2.16. The number of aryl methyl sites for hydroxylation is 1. The topological polar surface area (TPSA) is 70.8 Å². The normalized spacial score (nSPS) is 14.9. The first-order valence-corrected chi connectivity index (χ1v) is 9.67. The Kier molecular flexibility index (Phi) is 5.16. The molecule has 0 aliphatic carbocycles. The zero-order chi connectivity index (χ0) is 20.4. The third kappa shape index (κ3) is 4.06. The molecule has 0 unspecified atom stereocenters. The molecule has 0 N–H and O–H groups in total. The van der Waals surface area contributed by atoms with Crippen LogP contribution in [0.5, 0.6) is 0 Å². The largest absolute Gasteiger partial charge is 0.451 e. The summed E-state index contributed by atoms with van der Waals surface area (Å²) in [5.74, 6) is -0.340. The van der Waals surface area contributed by atoms with Crippen molar-refractivity contribution < 1.29 is 14.0 Å². The van der Waals surface area contributed by atoms with Crippen LogP contribution < -0.4 is 5.43 Å². The predicted molar refractivity (Wildman–Crippen MR) is 110 cm³/mol. The van der Waals surface area contributed by atoms with Crippen molar-refractivity contribution in [2.24, 2.45) is 0 Å². The summed E-state index contributed by atoms with van der Waals surface area (Å²) in [5, 5.41) is 0.444. The summed E-state index contributed by atoms with van der Waals surface area (Å²) in [4.78, 5) is 41.1. The molecule has 1 aliphatic heterocycles. The van der Waals surface area contributed by atoms with Gasteiger partial charge in [-0.05, 0) is 24.6 Å². The second kappa shape index (κ2) is 7.91. The van der Waals surface area contributed by atoms with Gasteiger partial charge in [0.05, 0.1) is 5.39 Å². The fraction of sp³-hybridized carbons (Fsp3) is 0.261. The van der Waals surface area contributed by atoms with Crippen LogP contribution in [-0.4, -0.2) is 41.2 Å². The van der Waals surface area contributed by atoms with Gasteiger partial charge in [0.25, 0.3) is 5.91 Å². The quantitative estimate of drug-likeness (QED) is 0.689. The summed E-state index contributed by atoms with van der Waals surface area (Å²) in [6, 6.07) is 16.1. The Hall–Kier alpha value is -3.41. The molecule has 4 rings (SSSR count). The molecule has 29 heavy (non-hydrogen) atoms. The molecule has 0 spiro atoms. The summed E-state index contributed by atoms with van der Waals surface area (Å²) >= 11 is 0. The van der Waals surface area contributed by atoms with E-state index in [2.05, 4.69) is 6.07 Å². The molecule has 0 atom stereocenters.